The zero-order valence-electron chi connectivity index (χ0n) is 17.2. The second-order valence-electron chi connectivity index (χ2n) is 6.70. The zero-order chi connectivity index (χ0) is 22.2. The molecule has 2 N–H and O–H groups in total. The summed E-state index contributed by atoms with van der Waals surface area (Å²) < 4.78 is 16.8. The van der Waals surface area contributed by atoms with Crippen LogP contribution in [0.15, 0.2) is 65.1 Å². The number of carbonyl (C=O) groups is 2. The van der Waals surface area contributed by atoms with Gasteiger partial charge in [-0.3, -0.25) is 20.4 Å². The Balaban J connectivity index is 1.53. The maximum atomic E-state index is 12.4. The standard InChI is InChI=1S/C23H23BrN2O5/c1-15(31-19-9-7-16-5-3-4-6-17(16)13-19)22(27)25-26-23(28)18-8-10-21(20(24)14-18)30-12-11-29-2/h3-10,13-15H,11-12H2,1-2H3,(H,25,27)(H,26,28). The average molecular weight is 487 g/mol. The number of ether oxygens (including phenoxy) is 3. The molecular formula is C23H23BrN2O5. The van der Waals surface area contributed by atoms with E-state index in [1.807, 2.05) is 36.4 Å². The molecule has 0 heterocycles. The minimum atomic E-state index is -0.801. The highest BCUT2D eigenvalue weighted by Gasteiger charge is 2.17. The predicted molar refractivity (Wildman–Crippen MR) is 121 cm³/mol. The van der Waals surface area contributed by atoms with Crippen LogP contribution in [0.3, 0.4) is 0 Å². The summed E-state index contributed by atoms with van der Waals surface area (Å²) in [6.07, 6.45) is -0.801. The molecule has 0 radical (unpaired) electrons. The third-order valence-corrected chi connectivity index (χ3v) is 5.06. The lowest BCUT2D eigenvalue weighted by Crippen LogP contribution is -2.47. The van der Waals surface area contributed by atoms with Crippen molar-refractivity contribution in [3.05, 3.63) is 70.7 Å². The molecule has 0 aliphatic carbocycles. The predicted octanol–water partition coefficient (Wildman–Crippen LogP) is 3.86. The molecule has 2 amide bonds. The quantitative estimate of drug-likeness (QED) is 0.373. The van der Waals surface area contributed by atoms with Crippen LogP contribution in [0.5, 0.6) is 11.5 Å². The first-order valence-corrected chi connectivity index (χ1v) is 10.4. The van der Waals surface area contributed by atoms with E-state index in [9.17, 15) is 9.59 Å². The SMILES string of the molecule is COCCOc1ccc(C(=O)NNC(=O)C(C)Oc2ccc3ccccc3c2)cc1Br. The third-order valence-electron chi connectivity index (χ3n) is 4.44. The van der Waals surface area contributed by atoms with Crippen LogP contribution < -0.4 is 20.3 Å². The van der Waals surface area contributed by atoms with Crippen LogP contribution in [0, 0.1) is 0 Å². The van der Waals surface area contributed by atoms with Crippen LogP contribution >= 0.6 is 15.9 Å². The highest BCUT2D eigenvalue weighted by Crippen LogP contribution is 2.26. The molecule has 3 aromatic rings. The van der Waals surface area contributed by atoms with Crippen molar-refractivity contribution in [2.45, 2.75) is 13.0 Å². The summed E-state index contributed by atoms with van der Waals surface area (Å²) in [4.78, 5) is 24.7. The molecule has 31 heavy (non-hydrogen) atoms. The molecule has 0 bridgehead atoms. The molecule has 0 aliphatic rings. The van der Waals surface area contributed by atoms with Crippen LogP contribution in [0.25, 0.3) is 10.8 Å². The molecule has 1 atom stereocenters. The van der Waals surface area contributed by atoms with Gasteiger partial charge in [-0.15, -0.1) is 0 Å². The van der Waals surface area contributed by atoms with Gasteiger partial charge in [-0.05, 0) is 64.0 Å². The van der Waals surface area contributed by atoms with E-state index in [0.29, 0.717) is 34.7 Å². The number of hydrazine groups is 1. The number of fused-ring (bicyclic) bond motifs is 1. The van der Waals surface area contributed by atoms with E-state index in [4.69, 9.17) is 14.2 Å². The van der Waals surface area contributed by atoms with Crippen molar-refractivity contribution in [1.29, 1.82) is 0 Å². The van der Waals surface area contributed by atoms with Crippen LogP contribution in [0.2, 0.25) is 0 Å². The number of benzene rings is 3. The highest BCUT2D eigenvalue weighted by molar-refractivity contribution is 9.10. The van der Waals surface area contributed by atoms with Crippen LogP contribution in [0.4, 0.5) is 0 Å². The van der Waals surface area contributed by atoms with Crippen molar-refractivity contribution in [2.24, 2.45) is 0 Å². The summed E-state index contributed by atoms with van der Waals surface area (Å²) >= 11 is 3.37. The summed E-state index contributed by atoms with van der Waals surface area (Å²) in [5, 5.41) is 2.10. The van der Waals surface area contributed by atoms with Gasteiger partial charge >= 0.3 is 0 Å². The first-order valence-electron chi connectivity index (χ1n) is 9.65. The number of amides is 2. The van der Waals surface area contributed by atoms with Gasteiger partial charge in [0, 0.05) is 12.7 Å². The smallest absolute Gasteiger partial charge is 0.279 e. The molecule has 3 rings (SSSR count). The Morgan fingerprint density at radius 2 is 1.74 bits per heavy atom. The first kappa shape index (κ1) is 22.6. The van der Waals surface area contributed by atoms with E-state index in [-0.39, 0.29) is 0 Å². The monoisotopic (exact) mass is 486 g/mol. The summed E-state index contributed by atoms with van der Waals surface area (Å²) in [5.41, 5.74) is 5.14. The Morgan fingerprint density at radius 3 is 2.48 bits per heavy atom. The van der Waals surface area contributed by atoms with Gasteiger partial charge in [0.2, 0.25) is 0 Å². The molecule has 0 aliphatic heterocycles. The van der Waals surface area contributed by atoms with E-state index < -0.39 is 17.9 Å². The topological polar surface area (TPSA) is 85.9 Å². The number of carbonyl (C=O) groups excluding carboxylic acids is 2. The fourth-order valence-corrected chi connectivity index (χ4v) is 3.28. The molecule has 7 nitrogen and oxygen atoms in total. The molecule has 0 saturated carbocycles. The first-order chi connectivity index (χ1) is 15.0. The zero-order valence-corrected chi connectivity index (χ0v) is 18.8. The molecule has 3 aromatic carbocycles. The second-order valence-corrected chi connectivity index (χ2v) is 7.55. The Bertz CT molecular complexity index is 1070. The van der Waals surface area contributed by atoms with Gasteiger partial charge in [0.05, 0.1) is 11.1 Å². The van der Waals surface area contributed by atoms with Crippen molar-refractivity contribution >= 4 is 38.5 Å². The number of rotatable bonds is 8. The Kier molecular flexibility index (Phi) is 7.86. The van der Waals surface area contributed by atoms with Gasteiger partial charge in [0.25, 0.3) is 11.8 Å². The summed E-state index contributed by atoms with van der Waals surface area (Å²) in [6, 6.07) is 18.3. The lowest BCUT2D eigenvalue weighted by Gasteiger charge is -2.16. The number of methoxy groups -OCH3 is 1. The van der Waals surface area contributed by atoms with Crippen LogP contribution in [0.1, 0.15) is 17.3 Å². The van der Waals surface area contributed by atoms with Crippen molar-refractivity contribution in [3.8, 4) is 11.5 Å². The lowest BCUT2D eigenvalue weighted by atomic mass is 10.1. The van der Waals surface area contributed by atoms with Crippen molar-refractivity contribution in [2.75, 3.05) is 20.3 Å². The minimum absolute atomic E-state index is 0.356. The number of nitrogens with one attached hydrogen (secondary N) is 2. The van der Waals surface area contributed by atoms with Gasteiger partial charge in [-0.2, -0.15) is 0 Å². The highest BCUT2D eigenvalue weighted by atomic mass is 79.9. The van der Waals surface area contributed by atoms with Gasteiger partial charge in [0.1, 0.15) is 18.1 Å². The molecule has 1 unspecified atom stereocenters. The Hall–Kier alpha value is -3.10. The van der Waals surface area contributed by atoms with E-state index in [0.717, 1.165) is 10.8 Å². The van der Waals surface area contributed by atoms with Gasteiger partial charge < -0.3 is 14.2 Å². The van der Waals surface area contributed by atoms with E-state index in [2.05, 4.69) is 26.8 Å². The molecule has 0 aromatic heterocycles. The maximum Gasteiger partial charge on any atom is 0.279 e. The van der Waals surface area contributed by atoms with Crippen molar-refractivity contribution in [1.82, 2.24) is 10.9 Å². The molecular weight excluding hydrogens is 464 g/mol. The van der Waals surface area contributed by atoms with E-state index >= 15 is 0 Å². The number of hydrogen-bond acceptors (Lipinski definition) is 5. The molecule has 162 valence electrons. The van der Waals surface area contributed by atoms with E-state index in [1.54, 1.807) is 38.3 Å². The van der Waals surface area contributed by atoms with Gasteiger partial charge in [-0.1, -0.05) is 30.3 Å². The van der Waals surface area contributed by atoms with Crippen LogP contribution in [-0.4, -0.2) is 38.2 Å². The molecule has 0 spiro atoms. The fourth-order valence-electron chi connectivity index (χ4n) is 2.78. The summed E-state index contributed by atoms with van der Waals surface area (Å²) in [7, 11) is 1.59. The van der Waals surface area contributed by atoms with Gasteiger partial charge in [0.15, 0.2) is 6.10 Å². The molecule has 0 fully saturated rings. The summed E-state index contributed by atoms with van der Waals surface area (Å²) in [6.45, 7) is 2.46. The second kappa shape index (κ2) is 10.8. The molecule has 0 saturated heterocycles. The third kappa shape index (κ3) is 6.19. The van der Waals surface area contributed by atoms with Crippen molar-refractivity contribution in [3.63, 3.8) is 0 Å². The van der Waals surface area contributed by atoms with E-state index in [1.165, 1.54) is 0 Å². The Labute approximate surface area is 188 Å². The largest absolute Gasteiger partial charge is 0.490 e. The van der Waals surface area contributed by atoms with Crippen molar-refractivity contribution < 1.29 is 23.8 Å². The maximum absolute atomic E-state index is 12.4. The van der Waals surface area contributed by atoms with Gasteiger partial charge in [-0.25, -0.2) is 0 Å². The number of halogens is 1. The fraction of sp³-hybridized carbons (Fsp3) is 0.217. The molecule has 8 heteroatoms. The normalized spacial score (nSPS) is 11.6. The lowest BCUT2D eigenvalue weighted by molar-refractivity contribution is -0.128. The van der Waals surface area contributed by atoms with Crippen LogP contribution in [-0.2, 0) is 9.53 Å². The Morgan fingerprint density at radius 1 is 0.968 bits per heavy atom. The number of hydrogen-bond donors (Lipinski definition) is 2. The summed E-state index contributed by atoms with van der Waals surface area (Å²) in [5.74, 6) is 0.228. The minimum Gasteiger partial charge on any atom is -0.490 e. The average Bonchev–Trinajstić information content (AvgIpc) is 2.78.